The lowest BCUT2D eigenvalue weighted by molar-refractivity contribution is -0.116. The summed E-state index contributed by atoms with van der Waals surface area (Å²) in [5.74, 6) is -0.403. The second-order valence-electron chi connectivity index (χ2n) is 9.35. The highest BCUT2D eigenvalue weighted by molar-refractivity contribution is 6.30. The minimum atomic E-state index is -3.04. The van der Waals surface area contributed by atoms with Crippen LogP contribution >= 0.6 is 11.6 Å². The SMILES string of the molecule is COCCOc1nnc(-c2cc(Cl)ccc2F)cc1Nc1ccnc(NC(=O)CCN2CCN(C(F)C(F)F)CC2)c1. The van der Waals surface area contributed by atoms with Crippen molar-refractivity contribution >= 4 is 34.7 Å². The molecule has 1 amide bonds. The van der Waals surface area contributed by atoms with Crippen LogP contribution in [0.2, 0.25) is 5.02 Å². The fourth-order valence-electron chi connectivity index (χ4n) is 4.21. The highest BCUT2D eigenvalue weighted by Gasteiger charge is 2.30. The van der Waals surface area contributed by atoms with Crippen LogP contribution in [0.25, 0.3) is 11.3 Å². The van der Waals surface area contributed by atoms with Crippen molar-refractivity contribution < 1.29 is 31.8 Å². The van der Waals surface area contributed by atoms with Crippen molar-refractivity contribution in [2.75, 3.05) is 63.7 Å². The number of nitrogens with one attached hydrogen (secondary N) is 2. The lowest BCUT2D eigenvalue weighted by atomic mass is 10.1. The molecule has 1 aliphatic heterocycles. The maximum absolute atomic E-state index is 14.5. The molecule has 1 aromatic carbocycles. The van der Waals surface area contributed by atoms with E-state index in [0.29, 0.717) is 42.6 Å². The third-order valence-electron chi connectivity index (χ3n) is 6.42. The number of anilines is 3. The van der Waals surface area contributed by atoms with E-state index >= 15 is 0 Å². The minimum absolute atomic E-state index is 0.132. The van der Waals surface area contributed by atoms with E-state index in [4.69, 9.17) is 21.1 Å². The largest absolute Gasteiger partial charge is 0.473 e. The summed E-state index contributed by atoms with van der Waals surface area (Å²) in [5.41, 5.74) is 1.28. The Labute approximate surface area is 245 Å². The Hall–Kier alpha value is -3.59. The van der Waals surface area contributed by atoms with Crippen LogP contribution < -0.4 is 15.4 Å². The molecular formula is C27H30ClF4N7O3. The van der Waals surface area contributed by atoms with E-state index < -0.39 is 18.5 Å². The van der Waals surface area contributed by atoms with Crippen LogP contribution in [-0.2, 0) is 9.53 Å². The number of amides is 1. The number of carbonyl (C=O) groups is 1. The molecule has 0 aliphatic carbocycles. The molecule has 0 bridgehead atoms. The molecule has 0 radical (unpaired) electrons. The van der Waals surface area contributed by atoms with Crippen molar-refractivity contribution in [2.45, 2.75) is 19.1 Å². The molecule has 1 aliphatic rings. The summed E-state index contributed by atoms with van der Waals surface area (Å²) in [5, 5.41) is 14.4. The lowest BCUT2D eigenvalue weighted by Gasteiger charge is -2.35. The number of rotatable bonds is 13. The van der Waals surface area contributed by atoms with Gasteiger partial charge in [-0.05, 0) is 30.3 Å². The van der Waals surface area contributed by atoms with Gasteiger partial charge in [0.25, 0.3) is 12.3 Å². The van der Waals surface area contributed by atoms with Gasteiger partial charge in [-0.15, -0.1) is 10.2 Å². The molecule has 3 heterocycles. The van der Waals surface area contributed by atoms with E-state index in [9.17, 15) is 22.4 Å². The highest BCUT2D eigenvalue weighted by atomic mass is 35.5. The van der Waals surface area contributed by atoms with Crippen molar-refractivity contribution in [1.82, 2.24) is 25.0 Å². The molecule has 2 aromatic heterocycles. The molecule has 42 heavy (non-hydrogen) atoms. The number of alkyl halides is 3. The second kappa shape index (κ2) is 15.0. The number of hydrogen-bond acceptors (Lipinski definition) is 9. The first kappa shape index (κ1) is 31.3. The van der Waals surface area contributed by atoms with Crippen molar-refractivity contribution in [1.29, 1.82) is 0 Å². The number of pyridine rings is 1. The Morgan fingerprint density at radius 1 is 1.07 bits per heavy atom. The van der Waals surface area contributed by atoms with Crippen molar-refractivity contribution in [3.63, 3.8) is 0 Å². The molecule has 1 atom stereocenters. The van der Waals surface area contributed by atoms with E-state index in [1.165, 1.54) is 31.5 Å². The van der Waals surface area contributed by atoms with Crippen LogP contribution in [-0.4, -0.2) is 96.7 Å². The van der Waals surface area contributed by atoms with Crippen LogP contribution in [0, 0.1) is 5.82 Å². The highest BCUT2D eigenvalue weighted by Crippen LogP contribution is 2.32. The molecule has 0 spiro atoms. The molecule has 10 nitrogen and oxygen atoms in total. The number of carbonyl (C=O) groups excluding carboxylic acids is 1. The molecule has 3 aromatic rings. The lowest BCUT2D eigenvalue weighted by Crippen LogP contribution is -2.51. The number of aromatic nitrogens is 3. The zero-order valence-electron chi connectivity index (χ0n) is 22.7. The minimum Gasteiger partial charge on any atom is -0.473 e. The predicted octanol–water partition coefficient (Wildman–Crippen LogP) is 4.61. The molecule has 4 rings (SSSR count). The smallest absolute Gasteiger partial charge is 0.282 e. The first-order valence-electron chi connectivity index (χ1n) is 13.1. The molecule has 1 saturated heterocycles. The standard InChI is InChI=1S/C27H30ClF4N7O3/c1-41-12-13-42-27-22(16-21(36-37-27)19-14-17(28)2-3-20(19)29)34-18-4-6-33-23(15-18)35-24(40)5-7-38-8-10-39(11-9-38)26(32)25(30)31/h2-4,6,14-16,25-26H,5,7-13H2,1H3,(H2,33,34,35,36,40). The Morgan fingerprint density at radius 2 is 1.86 bits per heavy atom. The molecular weight excluding hydrogens is 582 g/mol. The van der Waals surface area contributed by atoms with Gasteiger partial charge in [0, 0.05) is 74.8 Å². The van der Waals surface area contributed by atoms with E-state index in [2.05, 4.69) is 25.8 Å². The Bertz CT molecular complexity index is 1350. The van der Waals surface area contributed by atoms with Gasteiger partial charge in [0.05, 0.1) is 12.3 Å². The topological polar surface area (TPSA) is 105 Å². The molecule has 15 heteroatoms. The van der Waals surface area contributed by atoms with E-state index in [-0.39, 0.29) is 55.0 Å². The summed E-state index contributed by atoms with van der Waals surface area (Å²) in [6.45, 7) is 1.97. The van der Waals surface area contributed by atoms with Gasteiger partial charge in [-0.1, -0.05) is 11.6 Å². The van der Waals surface area contributed by atoms with E-state index in [0.717, 1.165) is 4.90 Å². The number of benzene rings is 1. The summed E-state index contributed by atoms with van der Waals surface area (Å²) in [4.78, 5) is 19.8. The first-order valence-corrected chi connectivity index (χ1v) is 13.5. The van der Waals surface area contributed by atoms with Gasteiger partial charge < -0.3 is 25.0 Å². The maximum Gasteiger partial charge on any atom is 0.282 e. The Morgan fingerprint density at radius 3 is 2.60 bits per heavy atom. The third kappa shape index (κ3) is 8.71. The second-order valence-corrected chi connectivity index (χ2v) is 9.79. The van der Waals surface area contributed by atoms with Crippen molar-refractivity contribution in [3.05, 3.63) is 53.4 Å². The zero-order valence-corrected chi connectivity index (χ0v) is 23.5. The predicted molar refractivity (Wildman–Crippen MR) is 149 cm³/mol. The number of methoxy groups -OCH3 is 1. The molecule has 0 saturated carbocycles. The van der Waals surface area contributed by atoms with Crippen LogP contribution in [0.1, 0.15) is 6.42 Å². The zero-order chi connectivity index (χ0) is 30.1. The molecule has 1 unspecified atom stereocenters. The quantitative estimate of drug-likeness (QED) is 0.163. The Balaban J connectivity index is 1.40. The van der Waals surface area contributed by atoms with Crippen LogP contribution in [0.5, 0.6) is 5.88 Å². The van der Waals surface area contributed by atoms with Crippen molar-refractivity contribution in [3.8, 4) is 17.1 Å². The van der Waals surface area contributed by atoms with E-state index in [1.807, 2.05) is 4.90 Å². The van der Waals surface area contributed by atoms with Gasteiger partial charge >= 0.3 is 0 Å². The van der Waals surface area contributed by atoms with Gasteiger partial charge in [0.15, 0.2) is 0 Å². The van der Waals surface area contributed by atoms with Crippen LogP contribution in [0.3, 0.4) is 0 Å². The number of ether oxygens (including phenoxy) is 2. The van der Waals surface area contributed by atoms with Crippen LogP contribution in [0.4, 0.5) is 34.8 Å². The number of hydrogen-bond donors (Lipinski definition) is 2. The van der Waals surface area contributed by atoms with E-state index in [1.54, 1.807) is 18.2 Å². The fourth-order valence-corrected chi connectivity index (χ4v) is 4.39. The van der Waals surface area contributed by atoms with Crippen molar-refractivity contribution in [2.24, 2.45) is 0 Å². The normalized spacial score (nSPS) is 15.0. The molecule has 226 valence electrons. The number of nitrogens with zero attached hydrogens (tertiary/aromatic N) is 5. The monoisotopic (exact) mass is 611 g/mol. The number of halogens is 5. The maximum atomic E-state index is 14.5. The average Bonchev–Trinajstić information content (AvgIpc) is 2.98. The summed E-state index contributed by atoms with van der Waals surface area (Å²) in [7, 11) is 1.53. The average molecular weight is 612 g/mol. The molecule has 1 fully saturated rings. The molecule has 2 N–H and O–H groups in total. The Kier molecular flexibility index (Phi) is 11.2. The van der Waals surface area contributed by atoms with Gasteiger partial charge in [-0.3, -0.25) is 9.69 Å². The third-order valence-corrected chi connectivity index (χ3v) is 6.65. The van der Waals surface area contributed by atoms with Gasteiger partial charge in [0.2, 0.25) is 12.2 Å². The van der Waals surface area contributed by atoms with Crippen LogP contribution in [0.15, 0.2) is 42.6 Å². The first-order chi connectivity index (χ1) is 20.2. The fraction of sp³-hybridized carbons (Fsp3) is 0.407. The summed E-state index contributed by atoms with van der Waals surface area (Å²) in [6.07, 6.45) is -3.70. The van der Waals surface area contributed by atoms with Gasteiger partial charge in [0.1, 0.15) is 23.9 Å². The summed E-state index contributed by atoms with van der Waals surface area (Å²) >= 11 is 6.05. The summed E-state index contributed by atoms with van der Waals surface area (Å²) in [6, 6.07) is 8.93. The number of piperazine rings is 1. The summed E-state index contributed by atoms with van der Waals surface area (Å²) < 4.78 is 63.9. The van der Waals surface area contributed by atoms with Gasteiger partial charge in [-0.2, -0.15) is 0 Å². The van der Waals surface area contributed by atoms with Gasteiger partial charge in [-0.25, -0.2) is 22.5 Å².